The van der Waals surface area contributed by atoms with Crippen LogP contribution >= 0.6 is 11.3 Å². The molecule has 0 saturated heterocycles. The molecule has 3 aromatic rings. The van der Waals surface area contributed by atoms with Gasteiger partial charge in [-0.3, -0.25) is 20.4 Å². The number of hydrazine groups is 1. The third-order valence-electron chi connectivity index (χ3n) is 4.02. The van der Waals surface area contributed by atoms with E-state index < -0.39 is 21.7 Å². The quantitative estimate of drug-likeness (QED) is 0.606. The second-order valence-electron chi connectivity index (χ2n) is 6.08. The Kier molecular flexibility index (Phi) is 6.00. The molecule has 0 unspecified atom stereocenters. The van der Waals surface area contributed by atoms with Crippen LogP contribution < -0.4 is 15.6 Å². The second-order valence-corrected chi connectivity index (χ2v) is 9.15. The summed E-state index contributed by atoms with van der Waals surface area (Å²) in [6.07, 6.45) is 1.08. The molecule has 2 amide bonds. The van der Waals surface area contributed by atoms with Crippen molar-refractivity contribution in [3.05, 3.63) is 71.1 Å². The Morgan fingerprint density at radius 1 is 0.931 bits per heavy atom. The lowest BCUT2D eigenvalue weighted by atomic mass is 10.2. The zero-order valence-corrected chi connectivity index (χ0v) is 17.3. The van der Waals surface area contributed by atoms with Crippen molar-refractivity contribution in [1.29, 1.82) is 0 Å². The fourth-order valence-electron chi connectivity index (χ4n) is 2.52. The predicted octanol–water partition coefficient (Wildman–Crippen LogP) is 2.90. The first-order chi connectivity index (χ1) is 13.8. The Labute approximate surface area is 172 Å². The van der Waals surface area contributed by atoms with E-state index in [9.17, 15) is 18.0 Å². The number of benzene rings is 2. The summed E-state index contributed by atoms with van der Waals surface area (Å²) in [7, 11) is -1.88. The van der Waals surface area contributed by atoms with E-state index in [1.54, 1.807) is 6.07 Å². The van der Waals surface area contributed by atoms with Crippen LogP contribution in [0.15, 0.2) is 65.6 Å². The summed E-state index contributed by atoms with van der Waals surface area (Å²) in [5.41, 5.74) is 5.83. The lowest BCUT2D eigenvalue weighted by molar-refractivity contribution is 0.0847. The van der Waals surface area contributed by atoms with E-state index in [-0.39, 0.29) is 10.5 Å². The maximum Gasteiger partial charge on any atom is 0.283 e. The number of carbonyl (C=O) groups is 2. The minimum atomic E-state index is -3.35. The van der Waals surface area contributed by atoms with Gasteiger partial charge in [0.2, 0.25) is 0 Å². The first-order valence-electron chi connectivity index (χ1n) is 8.43. The normalized spacial score (nSPS) is 11.0. The van der Waals surface area contributed by atoms with Gasteiger partial charge < -0.3 is 4.74 Å². The van der Waals surface area contributed by atoms with Crippen LogP contribution in [0, 0.1) is 0 Å². The van der Waals surface area contributed by atoms with E-state index in [1.165, 1.54) is 42.7 Å². The minimum absolute atomic E-state index is 0.106. The van der Waals surface area contributed by atoms with Crippen molar-refractivity contribution >= 4 is 33.0 Å². The first kappa shape index (κ1) is 20.6. The van der Waals surface area contributed by atoms with Crippen LogP contribution in [-0.2, 0) is 9.84 Å². The number of nitrogens with one attached hydrogen (secondary N) is 2. The summed E-state index contributed by atoms with van der Waals surface area (Å²) in [5.74, 6) is -0.689. The van der Waals surface area contributed by atoms with E-state index >= 15 is 0 Å². The molecule has 2 N–H and O–H groups in total. The fraction of sp³-hybridized carbons (Fsp3) is 0.100. The average Bonchev–Trinajstić information content (AvgIpc) is 3.16. The Balaban J connectivity index is 1.70. The molecule has 0 aliphatic heterocycles. The van der Waals surface area contributed by atoms with Gasteiger partial charge in [0.15, 0.2) is 9.84 Å². The zero-order valence-electron chi connectivity index (χ0n) is 15.6. The molecule has 0 aliphatic carbocycles. The van der Waals surface area contributed by atoms with E-state index in [4.69, 9.17) is 4.74 Å². The van der Waals surface area contributed by atoms with Crippen molar-refractivity contribution in [1.82, 2.24) is 10.9 Å². The lowest BCUT2D eigenvalue weighted by Gasteiger charge is -2.08. The van der Waals surface area contributed by atoms with Gasteiger partial charge in [-0.05, 0) is 35.9 Å². The third-order valence-corrected chi connectivity index (χ3v) is 6.31. The van der Waals surface area contributed by atoms with Gasteiger partial charge in [-0.1, -0.05) is 30.3 Å². The smallest absolute Gasteiger partial charge is 0.283 e. The molecule has 1 aromatic heterocycles. The summed E-state index contributed by atoms with van der Waals surface area (Å²) < 4.78 is 28.3. The molecule has 0 bridgehead atoms. The maximum absolute atomic E-state index is 12.5. The van der Waals surface area contributed by atoms with E-state index in [0.717, 1.165) is 16.7 Å². The molecular formula is C20H18N2O5S2. The van der Waals surface area contributed by atoms with Gasteiger partial charge in [0, 0.05) is 16.7 Å². The fourth-order valence-corrected chi connectivity index (χ4v) is 4.18. The number of carbonyl (C=O) groups excluding carboxylic acids is 2. The molecule has 3 rings (SSSR count). The van der Waals surface area contributed by atoms with Crippen molar-refractivity contribution in [3.8, 4) is 16.2 Å². The number of hydrogen-bond acceptors (Lipinski definition) is 6. The molecule has 2 aromatic carbocycles. The number of amides is 2. The highest BCUT2D eigenvalue weighted by atomic mass is 32.2. The summed E-state index contributed by atoms with van der Waals surface area (Å²) in [6, 6.07) is 16.7. The van der Waals surface area contributed by atoms with Crippen LogP contribution in [0.2, 0.25) is 0 Å². The minimum Gasteiger partial charge on any atom is -0.495 e. The molecule has 0 radical (unpaired) electrons. The Morgan fingerprint density at radius 2 is 1.55 bits per heavy atom. The summed E-state index contributed by atoms with van der Waals surface area (Å²) >= 11 is 1.24. The van der Waals surface area contributed by atoms with E-state index in [2.05, 4.69) is 10.9 Å². The van der Waals surface area contributed by atoms with Crippen molar-refractivity contribution < 1.29 is 22.7 Å². The van der Waals surface area contributed by atoms with Crippen LogP contribution in [0.5, 0.6) is 5.75 Å². The van der Waals surface area contributed by atoms with Crippen molar-refractivity contribution in [3.63, 3.8) is 0 Å². The number of sulfone groups is 1. The molecule has 0 aliphatic rings. The topological polar surface area (TPSA) is 102 Å². The van der Waals surface area contributed by atoms with Gasteiger partial charge in [0.1, 0.15) is 10.6 Å². The van der Waals surface area contributed by atoms with Gasteiger partial charge in [0.25, 0.3) is 11.8 Å². The standard InChI is InChI=1S/C20H18N2O5S2/c1-27-16-12-17(13-6-4-3-5-7-13)28-18(16)20(24)22-21-19(23)14-8-10-15(11-9-14)29(2,25)26/h3-12H,1-2H3,(H,21,23)(H,22,24). The highest BCUT2D eigenvalue weighted by Crippen LogP contribution is 2.35. The van der Waals surface area contributed by atoms with Gasteiger partial charge in [-0.25, -0.2) is 8.42 Å². The van der Waals surface area contributed by atoms with E-state index in [1.807, 2.05) is 30.3 Å². The number of methoxy groups -OCH3 is 1. The van der Waals surface area contributed by atoms with Crippen LogP contribution in [0.25, 0.3) is 10.4 Å². The van der Waals surface area contributed by atoms with E-state index in [0.29, 0.717) is 10.6 Å². The van der Waals surface area contributed by atoms with Crippen LogP contribution in [-0.4, -0.2) is 33.6 Å². The molecule has 0 spiro atoms. The monoisotopic (exact) mass is 430 g/mol. The number of ether oxygens (including phenoxy) is 1. The Morgan fingerprint density at radius 3 is 2.14 bits per heavy atom. The predicted molar refractivity (Wildman–Crippen MR) is 111 cm³/mol. The molecule has 29 heavy (non-hydrogen) atoms. The lowest BCUT2D eigenvalue weighted by Crippen LogP contribution is -2.41. The molecule has 1 heterocycles. The van der Waals surface area contributed by atoms with Gasteiger partial charge in [-0.15, -0.1) is 11.3 Å². The van der Waals surface area contributed by atoms with Crippen molar-refractivity contribution in [2.75, 3.05) is 13.4 Å². The average molecular weight is 431 g/mol. The second kappa shape index (κ2) is 8.46. The largest absolute Gasteiger partial charge is 0.495 e. The zero-order chi connectivity index (χ0) is 21.0. The number of rotatable bonds is 5. The van der Waals surface area contributed by atoms with Crippen LogP contribution in [0.3, 0.4) is 0 Å². The third kappa shape index (κ3) is 4.82. The van der Waals surface area contributed by atoms with Crippen LogP contribution in [0.4, 0.5) is 0 Å². The molecular weight excluding hydrogens is 412 g/mol. The SMILES string of the molecule is COc1cc(-c2ccccc2)sc1C(=O)NNC(=O)c1ccc(S(C)(=O)=O)cc1. The number of thiophene rings is 1. The molecule has 150 valence electrons. The van der Waals surface area contributed by atoms with Gasteiger partial charge in [-0.2, -0.15) is 0 Å². The highest BCUT2D eigenvalue weighted by Gasteiger charge is 2.19. The van der Waals surface area contributed by atoms with Gasteiger partial charge >= 0.3 is 0 Å². The summed E-state index contributed by atoms with van der Waals surface area (Å²) in [6.45, 7) is 0. The molecule has 0 fully saturated rings. The molecule has 0 atom stereocenters. The Hall–Kier alpha value is -3.17. The highest BCUT2D eigenvalue weighted by molar-refractivity contribution is 7.90. The maximum atomic E-state index is 12.5. The number of hydrogen-bond donors (Lipinski definition) is 2. The first-order valence-corrected chi connectivity index (χ1v) is 11.1. The molecule has 9 heteroatoms. The van der Waals surface area contributed by atoms with Crippen LogP contribution in [0.1, 0.15) is 20.0 Å². The van der Waals surface area contributed by atoms with Crippen molar-refractivity contribution in [2.24, 2.45) is 0 Å². The molecule has 7 nitrogen and oxygen atoms in total. The molecule has 0 saturated carbocycles. The van der Waals surface area contributed by atoms with Crippen molar-refractivity contribution in [2.45, 2.75) is 4.90 Å². The summed E-state index contributed by atoms with van der Waals surface area (Å²) in [4.78, 5) is 26.0. The van der Waals surface area contributed by atoms with Gasteiger partial charge in [0.05, 0.1) is 12.0 Å². The summed E-state index contributed by atoms with van der Waals surface area (Å²) in [5, 5.41) is 0. The Bertz CT molecular complexity index is 1140.